The number of hydrogen-bond donors (Lipinski definition) is 3. The molecule has 1 rings (SSSR count). The van der Waals surface area contributed by atoms with Crippen LogP contribution in [-0.4, -0.2) is 57.8 Å². The molecule has 22 heavy (non-hydrogen) atoms. The highest BCUT2D eigenvalue weighted by molar-refractivity contribution is 5.93. The number of aliphatic hydroxyl groups excluding tert-OH is 2. The van der Waals surface area contributed by atoms with Crippen molar-refractivity contribution >= 4 is 11.8 Å². The number of ketones is 1. The number of hydrogen-bond acceptors (Lipinski definition) is 7. The van der Waals surface area contributed by atoms with Crippen LogP contribution in [-0.2, 0) is 19.1 Å². The van der Waals surface area contributed by atoms with Gasteiger partial charge >= 0.3 is 5.97 Å². The van der Waals surface area contributed by atoms with E-state index in [1.165, 1.54) is 0 Å². The molecule has 0 unspecified atom stereocenters. The monoisotopic (exact) mass is 318 g/mol. The van der Waals surface area contributed by atoms with Crippen molar-refractivity contribution in [2.24, 2.45) is 10.8 Å². The topological polar surface area (TPSA) is 113 Å². The van der Waals surface area contributed by atoms with Gasteiger partial charge in [-0.3, -0.25) is 9.59 Å². The molecule has 1 fully saturated rings. The van der Waals surface area contributed by atoms with E-state index in [2.05, 4.69) is 0 Å². The minimum Gasteiger partial charge on any atom is -0.453 e. The van der Waals surface area contributed by atoms with E-state index in [9.17, 15) is 24.9 Å². The maximum Gasteiger partial charge on any atom is 0.311 e. The number of aliphatic hydroxyl groups is 3. The highest BCUT2D eigenvalue weighted by atomic mass is 16.7. The SMILES string of the molecule is CC(C)(C)C(=O)O[C@H]1[C@H](O)O[C@H](CO)[C@]1(O)C(=O)C(C)(C)C. The molecule has 7 heteroatoms. The molecule has 0 spiro atoms. The maximum absolute atomic E-state index is 12.6. The number of Topliss-reactive ketones (excluding diaryl/α,β-unsaturated/α-hetero) is 1. The average molecular weight is 318 g/mol. The molecule has 1 aliphatic rings. The van der Waals surface area contributed by atoms with Crippen LogP contribution in [0.3, 0.4) is 0 Å². The van der Waals surface area contributed by atoms with Crippen molar-refractivity contribution in [3.63, 3.8) is 0 Å². The van der Waals surface area contributed by atoms with Crippen LogP contribution in [0.2, 0.25) is 0 Å². The fraction of sp³-hybridized carbons (Fsp3) is 0.867. The quantitative estimate of drug-likeness (QED) is 0.628. The van der Waals surface area contributed by atoms with E-state index in [0.29, 0.717) is 0 Å². The first-order valence-electron chi connectivity index (χ1n) is 7.19. The van der Waals surface area contributed by atoms with Crippen LogP contribution in [0.4, 0.5) is 0 Å². The molecule has 0 aliphatic carbocycles. The smallest absolute Gasteiger partial charge is 0.311 e. The summed E-state index contributed by atoms with van der Waals surface area (Å²) < 4.78 is 10.2. The van der Waals surface area contributed by atoms with Crippen molar-refractivity contribution in [1.82, 2.24) is 0 Å². The van der Waals surface area contributed by atoms with E-state index in [1.54, 1.807) is 41.5 Å². The Bertz CT molecular complexity index is 446. The molecule has 7 nitrogen and oxygen atoms in total. The first-order chi connectivity index (χ1) is 9.76. The summed E-state index contributed by atoms with van der Waals surface area (Å²) in [6.07, 6.45) is -4.66. The van der Waals surface area contributed by atoms with Gasteiger partial charge in [-0.2, -0.15) is 0 Å². The number of carbonyl (C=O) groups excluding carboxylic acids is 2. The Morgan fingerprint density at radius 3 is 2.00 bits per heavy atom. The molecule has 0 amide bonds. The molecule has 0 aromatic rings. The van der Waals surface area contributed by atoms with Crippen molar-refractivity contribution in [3.05, 3.63) is 0 Å². The van der Waals surface area contributed by atoms with Crippen molar-refractivity contribution in [3.8, 4) is 0 Å². The second kappa shape index (κ2) is 5.88. The van der Waals surface area contributed by atoms with Crippen LogP contribution < -0.4 is 0 Å². The second-order valence-electron chi connectivity index (χ2n) is 7.68. The number of esters is 1. The first-order valence-corrected chi connectivity index (χ1v) is 7.19. The first kappa shape index (κ1) is 19.0. The minimum atomic E-state index is -2.31. The average Bonchev–Trinajstić information content (AvgIpc) is 2.60. The summed E-state index contributed by atoms with van der Waals surface area (Å²) in [5.41, 5.74) is -4.18. The van der Waals surface area contributed by atoms with Gasteiger partial charge in [-0.15, -0.1) is 0 Å². The van der Waals surface area contributed by atoms with E-state index in [0.717, 1.165) is 0 Å². The maximum atomic E-state index is 12.6. The fourth-order valence-corrected chi connectivity index (χ4v) is 2.24. The normalized spacial score (nSPS) is 32.9. The molecule has 4 atom stereocenters. The minimum absolute atomic E-state index is 0.678. The Hall–Kier alpha value is -1.02. The van der Waals surface area contributed by atoms with Gasteiger partial charge < -0.3 is 24.8 Å². The number of rotatable bonds is 3. The van der Waals surface area contributed by atoms with Gasteiger partial charge in [-0.25, -0.2) is 0 Å². The van der Waals surface area contributed by atoms with Gasteiger partial charge in [-0.05, 0) is 20.8 Å². The number of ether oxygens (including phenoxy) is 2. The van der Waals surface area contributed by atoms with E-state index in [-0.39, 0.29) is 0 Å². The summed E-state index contributed by atoms with van der Waals surface area (Å²) in [6.45, 7) is 8.85. The molecule has 128 valence electrons. The van der Waals surface area contributed by atoms with Crippen LogP contribution in [0.5, 0.6) is 0 Å². The lowest BCUT2D eigenvalue weighted by atomic mass is 9.75. The highest BCUT2D eigenvalue weighted by Crippen LogP contribution is 2.39. The van der Waals surface area contributed by atoms with Crippen molar-refractivity contribution < 1.29 is 34.4 Å². The summed E-state index contributed by atoms with van der Waals surface area (Å²) in [5.74, 6) is -1.37. The number of carbonyl (C=O) groups is 2. The summed E-state index contributed by atoms with van der Waals surface area (Å²) in [6, 6.07) is 0. The fourth-order valence-electron chi connectivity index (χ4n) is 2.24. The summed E-state index contributed by atoms with van der Waals surface area (Å²) in [4.78, 5) is 24.6. The molecule has 0 radical (unpaired) electrons. The highest BCUT2D eigenvalue weighted by Gasteiger charge is 2.64. The predicted octanol–water partition coefficient (Wildman–Crippen LogP) is 0.0001000. The largest absolute Gasteiger partial charge is 0.453 e. The summed E-state index contributed by atoms with van der Waals surface area (Å²) >= 11 is 0. The standard InChI is InChI=1S/C15H26O7/c1-13(2,3)11(18)15(20)8(7-16)21-10(17)9(15)22-12(19)14(4,5)6/h8-10,16-17,20H,7H2,1-6H3/t8-,9+,10-,15-/m1/s1. The molecular formula is C15H26O7. The molecule has 1 aliphatic heterocycles. The Kier molecular flexibility index (Phi) is 5.09. The van der Waals surface area contributed by atoms with Crippen LogP contribution >= 0.6 is 0 Å². The molecule has 3 N–H and O–H groups in total. The second-order valence-corrected chi connectivity index (χ2v) is 7.68. The van der Waals surface area contributed by atoms with Gasteiger partial charge in [0.25, 0.3) is 0 Å². The van der Waals surface area contributed by atoms with Crippen molar-refractivity contribution in [2.45, 2.75) is 65.6 Å². The zero-order valence-corrected chi connectivity index (χ0v) is 13.9. The lowest BCUT2D eigenvalue weighted by molar-refractivity contribution is -0.189. The van der Waals surface area contributed by atoms with Crippen LogP contribution in [0, 0.1) is 10.8 Å². The van der Waals surface area contributed by atoms with Gasteiger partial charge in [0.1, 0.15) is 6.10 Å². The zero-order chi connectivity index (χ0) is 17.5. The van der Waals surface area contributed by atoms with Crippen LogP contribution in [0.25, 0.3) is 0 Å². The van der Waals surface area contributed by atoms with Crippen LogP contribution in [0.1, 0.15) is 41.5 Å². The van der Waals surface area contributed by atoms with Gasteiger partial charge in [0.15, 0.2) is 23.8 Å². The third-order valence-electron chi connectivity index (χ3n) is 3.54. The van der Waals surface area contributed by atoms with E-state index in [1.807, 2.05) is 0 Å². The lowest BCUT2D eigenvalue weighted by Gasteiger charge is -2.36. The molecule has 0 aromatic carbocycles. The summed E-state index contributed by atoms with van der Waals surface area (Å²) in [7, 11) is 0. The van der Waals surface area contributed by atoms with E-state index < -0.39 is 53.3 Å². The molecule has 1 saturated heterocycles. The Labute approximate surface area is 130 Å². The summed E-state index contributed by atoms with van der Waals surface area (Å²) in [5, 5.41) is 30.1. The Balaban J connectivity index is 3.22. The molecule has 0 bridgehead atoms. The zero-order valence-electron chi connectivity index (χ0n) is 13.9. The van der Waals surface area contributed by atoms with Crippen LogP contribution in [0.15, 0.2) is 0 Å². The molecule has 0 saturated carbocycles. The Morgan fingerprint density at radius 1 is 1.14 bits per heavy atom. The van der Waals surface area contributed by atoms with Crippen molar-refractivity contribution in [2.75, 3.05) is 6.61 Å². The van der Waals surface area contributed by atoms with Crippen molar-refractivity contribution in [1.29, 1.82) is 0 Å². The van der Waals surface area contributed by atoms with Gasteiger partial charge in [0.2, 0.25) is 0 Å². The van der Waals surface area contributed by atoms with E-state index >= 15 is 0 Å². The lowest BCUT2D eigenvalue weighted by Crippen LogP contribution is -2.60. The van der Waals surface area contributed by atoms with Gasteiger partial charge in [0, 0.05) is 5.41 Å². The van der Waals surface area contributed by atoms with E-state index in [4.69, 9.17) is 9.47 Å². The third kappa shape index (κ3) is 3.32. The molecular weight excluding hydrogens is 292 g/mol. The van der Waals surface area contributed by atoms with Gasteiger partial charge in [0.05, 0.1) is 12.0 Å². The third-order valence-corrected chi connectivity index (χ3v) is 3.54. The molecule has 1 heterocycles. The molecule has 0 aromatic heterocycles. The Morgan fingerprint density at radius 2 is 1.64 bits per heavy atom. The van der Waals surface area contributed by atoms with Gasteiger partial charge in [-0.1, -0.05) is 20.8 Å². The predicted molar refractivity (Wildman–Crippen MR) is 76.7 cm³/mol.